The average Bonchev–Trinajstić information content (AvgIpc) is 3.04. The van der Waals surface area contributed by atoms with Gasteiger partial charge in [0, 0.05) is 37.9 Å². The highest BCUT2D eigenvalue weighted by atomic mass is 32.1. The third-order valence-corrected chi connectivity index (χ3v) is 5.19. The van der Waals surface area contributed by atoms with Gasteiger partial charge in [0.1, 0.15) is 23.0 Å². The molecule has 0 spiro atoms. The Balaban J connectivity index is 1.49. The molecule has 1 N–H and O–H groups in total. The molecule has 0 saturated carbocycles. The van der Waals surface area contributed by atoms with Crippen LogP contribution in [0.15, 0.2) is 29.6 Å². The van der Waals surface area contributed by atoms with Gasteiger partial charge in [0.2, 0.25) is 0 Å². The number of aryl methyl sites for hydroxylation is 1. The van der Waals surface area contributed by atoms with E-state index in [1.165, 1.54) is 5.56 Å². The number of hydrogen-bond donors (Lipinski definition) is 1. The molecule has 1 aromatic heterocycles. The quantitative estimate of drug-likeness (QED) is 0.849. The number of thiazole rings is 1. The van der Waals surface area contributed by atoms with E-state index in [2.05, 4.69) is 28.1 Å². The molecule has 1 aromatic carbocycles. The van der Waals surface area contributed by atoms with Crippen molar-refractivity contribution in [3.63, 3.8) is 0 Å². The van der Waals surface area contributed by atoms with E-state index in [4.69, 9.17) is 11.2 Å². The maximum Gasteiger partial charge on any atom is 0.140 e. The summed E-state index contributed by atoms with van der Waals surface area (Å²) in [5, 5.41) is 13.1. The second kappa shape index (κ2) is 7.35. The Morgan fingerprint density at radius 3 is 2.71 bits per heavy atom. The van der Waals surface area contributed by atoms with E-state index in [9.17, 15) is 5.11 Å². The highest BCUT2D eigenvalue weighted by Crippen LogP contribution is 2.23. The highest BCUT2D eigenvalue weighted by Gasteiger charge is 2.30. The van der Waals surface area contributed by atoms with Crippen molar-refractivity contribution in [2.45, 2.75) is 38.5 Å². The van der Waals surface area contributed by atoms with Crippen molar-refractivity contribution in [2.24, 2.45) is 0 Å². The van der Waals surface area contributed by atoms with E-state index in [1.807, 2.05) is 24.3 Å². The van der Waals surface area contributed by atoms with E-state index in [1.54, 1.807) is 11.3 Å². The van der Waals surface area contributed by atoms with Crippen molar-refractivity contribution in [3.05, 3.63) is 45.9 Å². The Hall–Kier alpha value is -1.87. The van der Waals surface area contributed by atoms with Crippen LogP contribution in [0.2, 0.25) is 0 Å². The minimum atomic E-state index is -0.925. The third kappa shape index (κ3) is 4.35. The first-order valence-electron chi connectivity index (χ1n) is 8.12. The minimum absolute atomic E-state index is 0.491. The van der Waals surface area contributed by atoms with Gasteiger partial charge in [-0.3, -0.25) is 4.90 Å². The molecule has 2 heterocycles. The fourth-order valence-corrected chi connectivity index (χ4v) is 3.42. The summed E-state index contributed by atoms with van der Waals surface area (Å²) in [6.45, 7) is 4.94. The van der Waals surface area contributed by atoms with E-state index >= 15 is 0 Å². The van der Waals surface area contributed by atoms with Crippen molar-refractivity contribution in [2.75, 3.05) is 13.1 Å². The number of ether oxygens (including phenoxy) is 1. The number of nitrogens with zero attached hydrogens (tertiary/aromatic N) is 2. The Kier molecular flexibility index (Phi) is 5.20. The second-order valence-corrected chi connectivity index (χ2v) is 7.23. The molecule has 0 radical (unpaired) electrons. The summed E-state index contributed by atoms with van der Waals surface area (Å²) in [7, 11) is 0. The molecule has 4 nitrogen and oxygen atoms in total. The monoisotopic (exact) mass is 342 g/mol. The molecular formula is C19H22N2O2S. The summed E-state index contributed by atoms with van der Waals surface area (Å²) in [6, 6.07) is 8.03. The Morgan fingerprint density at radius 2 is 2.04 bits per heavy atom. The minimum Gasteiger partial charge on any atom is -0.486 e. The molecule has 126 valence electrons. The van der Waals surface area contributed by atoms with Crippen LogP contribution in [-0.4, -0.2) is 33.7 Å². The molecule has 3 rings (SSSR count). The number of hydrogen-bond acceptors (Lipinski definition) is 5. The molecule has 0 amide bonds. The van der Waals surface area contributed by atoms with Gasteiger partial charge in [-0.05, 0) is 19.1 Å². The molecule has 1 saturated heterocycles. The van der Waals surface area contributed by atoms with E-state index < -0.39 is 5.60 Å². The van der Waals surface area contributed by atoms with Gasteiger partial charge in [0.05, 0.1) is 5.69 Å². The van der Waals surface area contributed by atoms with Crippen LogP contribution in [0.4, 0.5) is 0 Å². The standard InChI is InChI=1S/C19H22N2O2S/c1-3-19(22)8-10-21(11-9-19)12-16-14-24-18(20-16)13-23-17-6-4-15(2)5-7-17/h1,4-7,14,22H,8-13H2,2H3. The van der Waals surface area contributed by atoms with E-state index in [-0.39, 0.29) is 0 Å². The van der Waals surface area contributed by atoms with Crippen LogP contribution < -0.4 is 4.74 Å². The number of aromatic nitrogens is 1. The number of terminal acetylenes is 1. The predicted octanol–water partition coefficient (Wildman–Crippen LogP) is 2.99. The van der Waals surface area contributed by atoms with E-state index in [0.29, 0.717) is 19.4 Å². The summed E-state index contributed by atoms with van der Waals surface area (Å²) in [5.41, 5.74) is 1.34. The SMILES string of the molecule is C#CC1(O)CCN(Cc2csc(COc3ccc(C)cc3)n2)CC1. The lowest BCUT2D eigenvalue weighted by atomic mass is 9.92. The first kappa shape index (κ1) is 17.0. The van der Waals surface area contributed by atoms with Crippen LogP contribution in [0.5, 0.6) is 5.75 Å². The molecule has 0 unspecified atom stereocenters. The molecule has 0 aliphatic carbocycles. The molecule has 2 aromatic rings. The Labute approximate surface area is 147 Å². The van der Waals surface area contributed by atoms with Crippen molar-refractivity contribution >= 4 is 11.3 Å². The van der Waals surface area contributed by atoms with Crippen LogP contribution in [0.25, 0.3) is 0 Å². The smallest absolute Gasteiger partial charge is 0.140 e. The number of aliphatic hydroxyl groups is 1. The van der Waals surface area contributed by atoms with Crippen LogP contribution in [0.1, 0.15) is 29.1 Å². The van der Waals surface area contributed by atoms with Gasteiger partial charge in [-0.25, -0.2) is 4.98 Å². The van der Waals surface area contributed by atoms with Gasteiger partial charge in [-0.2, -0.15) is 0 Å². The summed E-state index contributed by atoms with van der Waals surface area (Å²) in [6.07, 6.45) is 6.63. The molecule has 5 heteroatoms. The number of rotatable bonds is 5. The van der Waals surface area contributed by atoms with E-state index in [0.717, 1.165) is 36.1 Å². The molecule has 0 bridgehead atoms. The highest BCUT2D eigenvalue weighted by molar-refractivity contribution is 7.09. The third-order valence-electron chi connectivity index (χ3n) is 4.32. The van der Waals surface area contributed by atoms with Crippen LogP contribution >= 0.6 is 11.3 Å². The molecule has 1 aliphatic heterocycles. The topological polar surface area (TPSA) is 45.6 Å². The van der Waals surface area contributed by atoms with Gasteiger partial charge >= 0.3 is 0 Å². The van der Waals surface area contributed by atoms with Crippen molar-refractivity contribution in [3.8, 4) is 18.1 Å². The molecule has 1 fully saturated rings. The normalized spacial score (nSPS) is 17.4. The van der Waals surface area contributed by atoms with Gasteiger partial charge < -0.3 is 9.84 Å². The van der Waals surface area contributed by atoms with Crippen molar-refractivity contribution in [1.82, 2.24) is 9.88 Å². The summed E-state index contributed by atoms with van der Waals surface area (Å²) in [5.74, 6) is 3.37. The number of piperidine rings is 1. The first-order chi connectivity index (χ1) is 11.6. The zero-order valence-corrected chi connectivity index (χ0v) is 14.7. The van der Waals surface area contributed by atoms with Gasteiger partial charge in [0.15, 0.2) is 0 Å². The van der Waals surface area contributed by atoms with Crippen LogP contribution in [0.3, 0.4) is 0 Å². The van der Waals surface area contributed by atoms with Crippen LogP contribution in [0, 0.1) is 19.3 Å². The fraction of sp³-hybridized carbons (Fsp3) is 0.421. The maximum absolute atomic E-state index is 10.1. The Bertz CT molecular complexity index is 710. The summed E-state index contributed by atoms with van der Waals surface area (Å²) < 4.78 is 5.77. The summed E-state index contributed by atoms with van der Waals surface area (Å²) >= 11 is 1.62. The molecule has 24 heavy (non-hydrogen) atoms. The van der Waals surface area contributed by atoms with Gasteiger partial charge in [-0.15, -0.1) is 17.8 Å². The van der Waals surface area contributed by atoms with Crippen LogP contribution in [-0.2, 0) is 13.2 Å². The lowest BCUT2D eigenvalue weighted by Crippen LogP contribution is -2.43. The number of likely N-dealkylation sites (tertiary alicyclic amines) is 1. The largest absolute Gasteiger partial charge is 0.486 e. The van der Waals surface area contributed by atoms with Crippen molar-refractivity contribution < 1.29 is 9.84 Å². The number of benzene rings is 1. The molecular weight excluding hydrogens is 320 g/mol. The fourth-order valence-electron chi connectivity index (χ4n) is 2.72. The van der Waals surface area contributed by atoms with Gasteiger partial charge in [-0.1, -0.05) is 23.6 Å². The average molecular weight is 342 g/mol. The lowest BCUT2D eigenvalue weighted by Gasteiger charge is -2.34. The summed E-state index contributed by atoms with van der Waals surface area (Å²) in [4.78, 5) is 6.93. The molecule has 1 aliphatic rings. The Morgan fingerprint density at radius 1 is 1.33 bits per heavy atom. The lowest BCUT2D eigenvalue weighted by molar-refractivity contribution is 0.0245. The van der Waals surface area contributed by atoms with Gasteiger partial charge in [0.25, 0.3) is 0 Å². The maximum atomic E-state index is 10.1. The first-order valence-corrected chi connectivity index (χ1v) is 8.99. The zero-order valence-electron chi connectivity index (χ0n) is 13.9. The second-order valence-electron chi connectivity index (χ2n) is 6.29. The molecule has 0 atom stereocenters. The zero-order chi connectivity index (χ0) is 17.0. The predicted molar refractivity (Wildman–Crippen MR) is 95.9 cm³/mol. The van der Waals surface area contributed by atoms with Crippen molar-refractivity contribution in [1.29, 1.82) is 0 Å².